The Morgan fingerprint density at radius 2 is 1.09 bits per heavy atom. The van der Waals surface area contributed by atoms with Crippen LogP contribution >= 0.6 is 11.3 Å². The number of thiophene rings is 1. The molecule has 0 atom stereocenters. The van der Waals surface area contributed by atoms with Gasteiger partial charge in [0.25, 0.3) is 6.71 Å². The van der Waals surface area contributed by atoms with E-state index in [1.54, 1.807) is 10.4 Å². The van der Waals surface area contributed by atoms with Gasteiger partial charge in [0.1, 0.15) is 0 Å². The Balaban J connectivity index is 1.20. The molecular formula is C71H76BN3S. The zero-order chi connectivity index (χ0) is 53.2. The number of hydrogen-bond donors (Lipinski definition) is 0. The molecule has 384 valence electrons. The van der Waals surface area contributed by atoms with Crippen molar-refractivity contribution in [2.75, 3.05) is 14.7 Å². The molecular weight excluding hydrogens is 938 g/mol. The molecule has 0 saturated carbocycles. The van der Waals surface area contributed by atoms with Crippen molar-refractivity contribution in [3.8, 4) is 11.1 Å². The van der Waals surface area contributed by atoms with Gasteiger partial charge in [-0.15, -0.1) is 0 Å². The minimum Gasteiger partial charge on any atom is -0.311 e. The van der Waals surface area contributed by atoms with E-state index in [2.05, 4.69) is 269 Å². The molecule has 13 rings (SSSR count). The van der Waals surface area contributed by atoms with Crippen molar-refractivity contribution in [3.05, 3.63) is 189 Å². The van der Waals surface area contributed by atoms with Gasteiger partial charge in [-0.2, -0.15) is 11.3 Å². The maximum Gasteiger partial charge on any atom is 0.264 e. The van der Waals surface area contributed by atoms with Crippen molar-refractivity contribution in [1.29, 1.82) is 0 Å². The summed E-state index contributed by atoms with van der Waals surface area (Å²) >= 11 is 2.13. The van der Waals surface area contributed by atoms with Crippen LogP contribution in [0, 0.1) is 0 Å². The quantitative estimate of drug-likeness (QED) is 0.147. The smallest absolute Gasteiger partial charge is 0.264 e. The van der Waals surface area contributed by atoms with E-state index in [1.165, 1.54) is 113 Å². The third-order valence-corrected chi connectivity index (χ3v) is 20.8. The molecule has 0 N–H and O–H groups in total. The van der Waals surface area contributed by atoms with Gasteiger partial charge in [0, 0.05) is 54.8 Å². The third-order valence-electron chi connectivity index (χ3n) is 19.2. The maximum absolute atomic E-state index is 2.80. The number of nitrogens with zero attached hydrogens (tertiary/aromatic N) is 3. The lowest BCUT2D eigenvalue weighted by Crippen LogP contribution is -2.60. The van der Waals surface area contributed by atoms with Crippen molar-refractivity contribution < 1.29 is 0 Å². The molecule has 3 aliphatic carbocycles. The summed E-state index contributed by atoms with van der Waals surface area (Å²) in [7, 11) is 0. The molecule has 5 aliphatic rings. The van der Waals surface area contributed by atoms with Crippen LogP contribution in [0.25, 0.3) is 11.1 Å². The Bertz CT molecular complexity index is 3660. The number of rotatable bonds is 7. The molecule has 8 aromatic rings. The van der Waals surface area contributed by atoms with Crippen LogP contribution in [0.5, 0.6) is 0 Å². The highest BCUT2D eigenvalue weighted by molar-refractivity contribution is 7.29. The van der Waals surface area contributed by atoms with Crippen LogP contribution in [0.15, 0.2) is 146 Å². The molecule has 0 amide bonds. The summed E-state index contributed by atoms with van der Waals surface area (Å²) < 4.78 is 1.49. The van der Waals surface area contributed by atoms with Crippen LogP contribution in [0.4, 0.5) is 51.2 Å². The predicted octanol–water partition coefficient (Wildman–Crippen LogP) is 18.6. The Hall–Kier alpha value is -6.30. The molecule has 7 aromatic carbocycles. The van der Waals surface area contributed by atoms with Crippen LogP contribution < -0.4 is 30.4 Å². The molecule has 76 heavy (non-hydrogen) atoms. The maximum atomic E-state index is 2.80. The fourth-order valence-corrected chi connectivity index (χ4v) is 16.2. The van der Waals surface area contributed by atoms with E-state index in [-0.39, 0.29) is 33.8 Å². The molecule has 1 aromatic heterocycles. The second-order valence-electron chi connectivity index (χ2n) is 27.0. The Labute approximate surface area is 459 Å². The van der Waals surface area contributed by atoms with Crippen molar-refractivity contribution >= 4 is 84.9 Å². The standard InChI is InChI=1S/C71H76BN3S/c1-43(2)45-27-30-48(31-28-45)74-57-34-29-46(44(3)4)39-56(57)72-63-59(74)41-50(73(47-21-16-15-17-22-47)58-26-20-25-54-61(58)51-23-18-19-24-52(51)71(54,13)14)42-60(63)75(49-32-33-53-55(40-49)68(7,8)36-35-67(53,5)6)64-62-65(76-66(64)72)70(11,12)38-37-69(62,9)10/h15-34,39-44H,35-38H2,1-14H3. The van der Waals surface area contributed by atoms with Gasteiger partial charge in [0.2, 0.25) is 0 Å². The second-order valence-corrected chi connectivity index (χ2v) is 28.1. The van der Waals surface area contributed by atoms with Gasteiger partial charge in [-0.1, -0.05) is 182 Å². The predicted molar refractivity (Wildman–Crippen MR) is 329 cm³/mol. The van der Waals surface area contributed by atoms with Gasteiger partial charge >= 0.3 is 0 Å². The van der Waals surface area contributed by atoms with Crippen molar-refractivity contribution in [3.63, 3.8) is 0 Å². The highest BCUT2D eigenvalue weighted by Crippen LogP contribution is 2.59. The molecule has 0 fully saturated rings. The fourth-order valence-electron chi connectivity index (χ4n) is 14.5. The molecule has 0 unspecified atom stereocenters. The number of hydrogen-bond acceptors (Lipinski definition) is 4. The highest BCUT2D eigenvalue weighted by Gasteiger charge is 2.52. The first-order valence-corrected chi connectivity index (χ1v) is 29.3. The lowest BCUT2D eigenvalue weighted by molar-refractivity contribution is 0.332. The van der Waals surface area contributed by atoms with Crippen LogP contribution in [-0.2, 0) is 27.1 Å². The van der Waals surface area contributed by atoms with Crippen LogP contribution in [0.3, 0.4) is 0 Å². The SMILES string of the molecule is CC(C)c1ccc(N2c3ccc(C(C)C)cc3B3c4sc5c(c4N(c4ccc6c(c4)C(C)(C)CCC6(C)C)c4cc(N(c6ccccc6)c6cccc7c6-c6ccccc6C7(C)C)cc2c43)C(C)(C)CCC5(C)C)cc1. The van der Waals surface area contributed by atoms with Gasteiger partial charge in [-0.25, -0.2) is 0 Å². The molecule has 0 spiro atoms. The number of para-hydroxylation sites is 1. The zero-order valence-electron chi connectivity index (χ0n) is 47.7. The molecule has 2 aliphatic heterocycles. The third kappa shape index (κ3) is 7.19. The highest BCUT2D eigenvalue weighted by atomic mass is 32.1. The summed E-state index contributed by atoms with van der Waals surface area (Å²) in [5, 5.41) is 0. The monoisotopic (exact) mass is 1010 g/mol. The van der Waals surface area contributed by atoms with Crippen LogP contribution in [-0.4, -0.2) is 6.71 Å². The van der Waals surface area contributed by atoms with E-state index < -0.39 is 0 Å². The fraction of sp³-hybridized carbons (Fsp3) is 0.352. The topological polar surface area (TPSA) is 9.72 Å². The molecule has 0 saturated heterocycles. The molecule has 3 heterocycles. The van der Waals surface area contributed by atoms with Crippen molar-refractivity contribution in [2.45, 2.75) is 162 Å². The summed E-state index contributed by atoms with van der Waals surface area (Å²) in [6, 6.07) is 57.3. The van der Waals surface area contributed by atoms with Crippen LogP contribution in [0.2, 0.25) is 0 Å². The van der Waals surface area contributed by atoms with Crippen LogP contribution in [0.1, 0.15) is 178 Å². The minimum absolute atomic E-state index is 0.0270. The van der Waals surface area contributed by atoms with E-state index >= 15 is 0 Å². The average Bonchev–Trinajstić information content (AvgIpc) is 4.13. The lowest BCUT2D eigenvalue weighted by atomic mass is 9.35. The van der Waals surface area contributed by atoms with E-state index in [1.807, 2.05) is 0 Å². The zero-order valence-corrected chi connectivity index (χ0v) is 48.5. The number of benzene rings is 7. The van der Waals surface area contributed by atoms with Gasteiger partial charge in [-0.3, -0.25) is 0 Å². The first-order chi connectivity index (χ1) is 36.1. The van der Waals surface area contributed by atoms with E-state index in [9.17, 15) is 0 Å². The van der Waals surface area contributed by atoms with E-state index in [4.69, 9.17) is 0 Å². The number of anilines is 9. The summed E-state index contributed by atoms with van der Waals surface area (Å²) in [5.74, 6) is 0.808. The van der Waals surface area contributed by atoms with Gasteiger partial charge in [0.05, 0.1) is 17.1 Å². The largest absolute Gasteiger partial charge is 0.311 e. The molecule has 5 heteroatoms. The molecule has 0 bridgehead atoms. The van der Waals surface area contributed by atoms with Gasteiger partial charge in [-0.05, 0) is 175 Å². The van der Waals surface area contributed by atoms with Crippen molar-refractivity contribution in [1.82, 2.24) is 0 Å². The first kappa shape index (κ1) is 49.3. The summed E-state index contributed by atoms with van der Waals surface area (Å²) in [6.45, 7) is 34.2. The average molecular weight is 1010 g/mol. The lowest BCUT2D eigenvalue weighted by Gasteiger charge is -2.47. The summed E-state index contributed by atoms with van der Waals surface area (Å²) in [5.41, 5.74) is 26.6. The Morgan fingerprint density at radius 3 is 1.80 bits per heavy atom. The molecule has 3 nitrogen and oxygen atoms in total. The van der Waals surface area contributed by atoms with Gasteiger partial charge in [0.15, 0.2) is 0 Å². The van der Waals surface area contributed by atoms with E-state index in [0.29, 0.717) is 11.8 Å². The minimum atomic E-state index is -0.155. The first-order valence-electron chi connectivity index (χ1n) is 28.5. The molecule has 0 radical (unpaired) electrons. The Morgan fingerprint density at radius 1 is 0.487 bits per heavy atom. The second kappa shape index (κ2) is 16.9. The number of fused-ring (bicyclic) bond motifs is 10. The van der Waals surface area contributed by atoms with Gasteiger partial charge < -0.3 is 14.7 Å². The Kier molecular flexibility index (Phi) is 10.9. The summed E-state index contributed by atoms with van der Waals surface area (Å²) in [4.78, 5) is 9.61. The summed E-state index contributed by atoms with van der Waals surface area (Å²) in [6.07, 6.45) is 4.66. The van der Waals surface area contributed by atoms with Crippen molar-refractivity contribution in [2.24, 2.45) is 0 Å². The normalized spacial score (nSPS) is 18.3. The van der Waals surface area contributed by atoms with E-state index in [0.717, 1.165) is 24.2 Å².